The number of hydrogen-bond donors (Lipinski definition) is 1. The zero-order valence-electron chi connectivity index (χ0n) is 13.0. The van der Waals surface area contributed by atoms with E-state index in [9.17, 15) is 4.21 Å². The van der Waals surface area contributed by atoms with Gasteiger partial charge >= 0.3 is 0 Å². The Labute approximate surface area is 143 Å². The lowest BCUT2D eigenvalue weighted by molar-refractivity contribution is 0.686. The molecule has 4 nitrogen and oxygen atoms in total. The molecule has 0 saturated carbocycles. The van der Waals surface area contributed by atoms with E-state index in [0.29, 0.717) is 17.3 Å². The monoisotopic (exact) mass is 347 g/mol. The van der Waals surface area contributed by atoms with Crippen molar-refractivity contribution in [1.29, 1.82) is 0 Å². The van der Waals surface area contributed by atoms with Crippen molar-refractivity contribution in [3.63, 3.8) is 0 Å². The Morgan fingerprint density at radius 2 is 2.13 bits per heavy atom. The highest BCUT2D eigenvalue weighted by Gasteiger charge is 2.06. The minimum absolute atomic E-state index is 0.461. The van der Waals surface area contributed by atoms with Crippen molar-refractivity contribution in [3.8, 4) is 0 Å². The summed E-state index contributed by atoms with van der Waals surface area (Å²) in [5.41, 5.74) is 5.06. The Kier molecular flexibility index (Phi) is 4.68. The van der Waals surface area contributed by atoms with Crippen LogP contribution in [0.4, 0.5) is 5.69 Å². The fraction of sp³-hybridized carbons (Fsp3) is 0.235. The quantitative estimate of drug-likeness (QED) is 0.763. The number of aryl methyl sites for hydroxylation is 1. The van der Waals surface area contributed by atoms with Crippen molar-refractivity contribution in [1.82, 2.24) is 9.38 Å². The molecule has 0 saturated heterocycles. The minimum Gasteiger partial charge on any atom is -0.379 e. The predicted octanol–water partition coefficient (Wildman–Crippen LogP) is 3.79. The first-order chi connectivity index (χ1) is 11.0. The van der Waals surface area contributed by atoms with Crippen molar-refractivity contribution in [2.45, 2.75) is 19.2 Å². The van der Waals surface area contributed by atoms with Gasteiger partial charge in [0.05, 0.1) is 18.4 Å². The van der Waals surface area contributed by atoms with E-state index in [0.717, 1.165) is 22.6 Å². The molecule has 6 heteroatoms. The van der Waals surface area contributed by atoms with Gasteiger partial charge in [-0.25, -0.2) is 4.98 Å². The topological polar surface area (TPSA) is 46.4 Å². The molecule has 0 aliphatic carbocycles. The van der Waals surface area contributed by atoms with Gasteiger partial charge in [-0.05, 0) is 42.3 Å². The molecule has 1 atom stereocenters. The van der Waals surface area contributed by atoms with Crippen molar-refractivity contribution in [2.24, 2.45) is 0 Å². The number of aromatic nitrogens is 2. The Balaban J connectivity index is 1.79. The molecule has 0 amide bonds. The molecule has 0 radical (unpaired) electrons. The number of anilines is 1. The molecular weight excluding hydrogens is 330 g/mol. The van der Waals surface area contributed by atoms with Crippen LogP contribution in [0, 0.1) is 6.92 Å². The number of rotatable bonds is 5. The maximum atomic E-state index is 11.4. The van der Waals surface area contributed by atoms with Crippen LogP contribution in [0.25, 0.3) is 5.65 Å². The van der Waals surface area contributed by atoms with Crippen LogP contribution < -0.4 is 5.32 Å². The van der Waals surface area contributed by atoms with Crippen molar-refractivity contribution in [3.05, 3.63) is 64.6 Å². The van der Waals surface area contributed by atoms with Crippen LogP contribution in [0.15, 0.2) is 42.7 Å². The molecule has 3 aromatic rings. The molecule has 0 bridgehead atoms. The molecule has 0 fully saturated rings. The zero-order chi connectivity index (χ0) is 16.4. The van der Waals surface area contributed by atoms with E-state index < -0.39 is 10.8 Å². The van der Waals surface area contributed by atoms with Gasteiger partial charge in [-0.1, -0.05) is 17.7 Å². The molecule has 1 N–H and O–H groups in total. The van der Waals surface area contributed by atoms with Gasteiger partial charge in [0.15, 0.2) is 0 Å². The van der Waals surface area contributed by atoms with Crippen molar-refractivity contribution >= 4 is 33.7 Å². The van der Waals surface area contributed by atoms with Crippen molar-refractivity contribution < 1.29 is 4.21 Å². The molecule has 2 aromatic heterocycles. The Bertz CT molecular complexity index is 875. The van der Waals surface area contributed by atoms with E-state index in [1.807, 2.05) is 30.5 Å². The van der Waals surface area contributed by atoms with E-state index in [1.54, 1.807) is 6.26 Å². The molecule has 0 unspecified atom stereocenters. The first kappa shape index (κ1) is 16.0. The fourth-order valence-corrected chi connectivity index (χ4v) is 3.42. The standard InChI is InChI=1S/C17H18ClN3OS/c1-12-3-6-17-20-9-15(21(17)10-12)8-19-14-4-5-16(18)13(7-14)11-23(2)22/h3-7,9-10,19H,8,11H2,1-2H3/t23-/m0/s1. The number of fused-ring (bicyclic) bond motifs is 1. The number of hydrogen-bond acceptors (Lipinski definition) is 3. The molecule has 0 spiro atoms. The van der Waals surface area contributed by atoms with E-state index in [2.05, 4.69) is 33.9 Å². The number of halogens is 1. The van der Waals surface area contributed by atoms with E-state index >= 15 is 0 Å². The van der Waals surface area contributed by atoms with E-state index in [4.69, 9.17) is 11.6 Å². The lowest BCUT2D eigenvalue weighted by Gasteiger charge is -2.10. The summed E-state index contributed by atoms with van der Waals surface area (Å²) in [6.07, 6.45) is 5.63. The van der Waals surface area contributed by atoms with Crippen molar-refractivity contribution in [2.75, 3.05) is 11.6 Å². The number of imidazole rings is 1. The molecule has 3 rings (SSSR count). The average molecular weight is 348 g/mol. The summed E-state index contributed by atoms with van der Waals surface area (Å²) in [6, 6.07) is 9.79. The Morgan fingerprint density at radius 3 is 2.91 bits per heavy atom. The van der Waals surface area contributed by atoms with Gasteiger partial charge in [0.25, 0.3) is 0 Å². The van der Waals surface area contributed by atoms with Crippen LogP contribution in [0.2, 0.25) is 5.02 Å². The Morgan fingerprint density at radius 1 is 1.30 bits per heavy atom. The summed E-state index contributed by atoms with van der Waals surface area (Å²) in [4.78, 5) is 4.40. The van der Waals surface area contributed by atoms with Gasteiger partial charge in [-0.2, -0.15) is 0 Å². The molecular formula is C17H18ClN3OS. The van der Waals surface area contributed by atoms with E-state index in [1.165, 1.54) is 5.56 Å². The lowest BCUT2D eigenvalue weighted by atomic mass is 10.2. The Hall–Kier alpha value is -1.85. The number of nitrogens with one attached hydrogen (secondary N) is 1. The van der Waals surface area contributed by atoms with Gasteiger partial charge < -0.3 is 9.72 Å². The number of nitrogens with zero attached hydrogens (tertiary/aromatic N) is 2. The van der Waals surface area contributed by atoms with Gasteiger partial charge in [-0.15, -0.1) is 0 Å². The highest BCUT2D eigenvalue weighted by atomic mass is 35.5. The minimum atomic E-state index is -0.916. The third kappa shape index (κ3) is 3.74. The van der Waals surface area contributed by atoms with Crippen LogP contribution in [-0.2, 0) is 23.1 Å². The normalized spacial score (nSPS) is 12.5. The lowest BCUT2D eigenvalue weighted by Crippen LogP contribution is -2.04. The van der Waals surface area contributed by atoms with Crippen LogP contribution in [0.3, 0.4) is 0 Å². The molecule has 0 aliphatic rings. The van der Waals surface area contributed by atoms with Gasteiger partial charge in [-0.3, -0.25) is 4.21 Å². The number of pyridine rings is 1. The van der Waals surface area contributed by atoms with Gasteiger partial charge in [0.1, 0.15) is 5.65 Å². The second kappa shape index (κ2) is 6.72. The maximum Gasteiger partial charge on any atom is 0.136 e. The van der Waals surface area contributed by atoms with Crippen LogP contribution in [-0.4, -0.2) is 19.8 Å². The SMILES string of the molecule is Cc1ccc2ncc(CNc3ccc(Cl)c(C[S@](C)=O)c3)n2c1. The second-order valence-electron chi connectivity index (χ2n) is 5.56. The molecule has 2 heterocycles. The molecule has 1 aromatic carbocycles. The van der Waals surface area contributed by atoms with Crippen LogP contribution >= 0.6 is 11.6 Å². The highest BCUT2D eigenvalue weighted by molar-refractivity contribution is 7.83. The summed E-state index contributed by atoms with van der Waals surface area (Å²) in [6.45, 7) is 2.72. The largest absolute Gasteiger partial charge is 0.379 e. The third-order valence-electron chi connectivity index (χ3n) is 3.61. The molecule has 120 valence electrons. The molecule has 23 heavy (non-hydrogen) atoms. The first-order valence-corrected chi connectivity index (χ1v) is 9.38. The maximum absolute atomic E-state index is 11.4. The first-order valence-electron chi connectivity index (χ1n) is 7.28. The number of benzene rings is 1. The summed E-state index contributed by atoms with van der Waals surface area (Å²) in [7, 11) is -0.916. The summed E-state index contributed by atoms with van der Waals surface area (Å²) < 4.78 is 13.5. The predicted molar refractivity (Wildman–Crippen MR) is 96.5 cm³/mol. The fourth-order valence-electron chi connectivity index (χ4n) is 2.47. The van der Waals surface area contributed by atoms with Gasteiger partial charge in [0.2, 0.25) is 0 Å². The van der Waals surface area contributed by atoms with E-state index in [-0.39, 0.29) is 0 Å². The van der Waals surface area contributed by atoms with Crippen LogP contribution in [0.1, 0.15) is 16.8 Å². The highest BCUT2D eigenvalue weighted by Crippen LogP contribution is 2.22. The summed E-state index contributed by atoms with van der Waals surface area (Å²) >= 11 is 6.16. The average Bonchev–Trinajstić information content (AvgIpc) is 2.90. The molecule has 0 aliphatic heterocycles. The van der Waals surface area contributed by atoms with Gasteiger partial charge in [0, 0.05) is 39.7 Å². The van der Waals surface area contributed by atoms with Crippen LogP contribution in [0.5, 0.6) is 0 Å². The summed E-state index contributed by atoms with van der Waals surface area (Å²) in [5, 5.41) is 4.03. The second-order valence-corrected chi connectivity index (χ2v) is 7.40. The smallest absolute Gasteiger partial charge is 0.136 e. The third-order valence-corrected chi connectivity index (χ3v) is 4.69. The zero-order valence-corrected chi connectivity index (χ0v) is 14.6. The summed E-state index contributed by atoms with van der Waals surface area (Å²) in [5.74, 6) is 0.461.